The van der Waals surface area contributed by atoms with Gasteiger partial charge in [-0.3, -0.25) is 0 Å². The van der Waals surface area contributed by atoms with Crippen molar-refractivity contribution in [2.75, 3.05) is 0 Å². The third kappa shape index (κ3) is 2.53. The number of nitrogens with zero attached hydrogens (tertiary/aromatic N) is 3. The van der Waals surface area contributed by atoms with Crippen LogP contribution in [0.25, 0.3) is 5.69 Å². The summed E-state index contributed by atoms with van der Waals surface area (Å²) >= 11 is 0. The Hall–Kier alpha value is -1.68. The maximum Gasteiger partial charge on any atom is 0.112 e. The Kier molecular flexibility index (Phi) is 3.88. The molecule has 0 aliphatic carbocycles. The van der Waals surface area contributed by atoms with Crippen LogP contribution in [0.3, 0.4) is 0 Å². The lowest BCUT2D eigenvalue weighted by atomic mass is 10.1. The summed E-state index contributed by atoms with van der Waals surface area (Å²) in [5.74, 6) is 0. The number of hydrogen-bond acceptors (Lipinski definition) is 3. The van der Waals surface area contributed by atoms with E-state index in [9.17, 15) is 5.11 Å². The second-order valence-corrected chi connectivity index (χ2v) is 3.99. The van der Waals surface area contributed by atoms with Crippen LogP contribution in [0.15, 0.2) is 30.3 Å². The minimum absolute atomic E-state index is 0.0497. The first kappa shape index (κ1) is 11.8. The minimum Gasteiger partial charge on any atom is -0.390 e. The smallest absolute Gasteiger partial charge is 0.112 e. The van der Waals surface area contributed by atoms with Gasteiger partial charge in [0.2, 0.25) is 0 Å². The van der Waals surface area contributed by atoms with Gasteiger partial charge in [0.05, 0.1) is 18.0 Å². The lowest BCUT2D eigenvalue weighted by Crippen LogP contribution is -2.03. The predicted molar refractivity (Wildman–Crippen MR) is 65.9 cm³/mol. The van der Waals surface area contributed by atoms with Crippen LogP contribution in [0, 0.1) is 0 Å². The number of aromatic nitrogens is 3. The van der Waals surface area contributed by atoms with Gasteiger partial charge in [-0.1, -0.05) is 36.8 Å². The zero-order valence-corrected chi connectivity index (χ0v) is 10.0. The van der Waals surface area contributed by atoms with Crippen molar-refractivity contribution in [3.8, 4) is 5.69 Å². The van der Waals surface area contributed by atoms with Crippen LogP contribution in [-0.4, -0.2) is 20.1 Å². The Morgan fingerprint density at radius 1 is 1.24 bits per heavy atom. The van der Waals surface area contributed by atoms with Gasteiger partial charge in [-0.05, 0) is 25.0 Å². The van der Waals surface area contributed by atoms with E-state index in [1.807, 2.05) is 35.0 Å². The van der Waals surface area contributed by atoms with Crippen molar-refractivity contribution in [3.63, 3.8) is 0 Å². The van der Waals surface area contributed by atoms with Gasteiger partial charge in [0.1, 0.15) is 5.69 Å². The number of benzene rings is 1. The molecule has 1 heterocycles. The molecule has 4 heteroatoms. The summed E-state index contributed by atoms with van der Waals surface area (Å²) in [4.78, 5) is 0. The highest BCUT2D eigenvalue weighted by atomic mass is 16.3. The van der Waals surface area contributed by atoms with Crippen LogP contribution >= 0.6 is 0 Å². The number of para-hydroxylation sites is 1. The third-order valence-corrected chi connectivity index (χ3v) is 2.76. The van der Waals surface area contributed by atoms with Gasteiger partial charge in [-0.25, -0.2) is 4.68 Å². The van der Waals surface area contributed by atoms with Gasteiger partial charge in [-0.2, -0.15) is 0 Å². The molecule has 0 radical (unpaired) electrons. The van der Waals surface area contributed by atoms with Gasteiger partial charge >= 0.3 is 0 Å². The molecular weight excluding hydrogens is 214 g/mol. The number of aliphatic hydroxyl groups excluding tert-OH is 1. The second-order valence-electron chi connectivity index (χ2n) is 3.99. The van der Waals surface area contributed by atoms with Crippen LogP contribution < -0.4 is 0 Å². The van der Waals surface area contributed by atoms with E-state index in [2.05, 4.69) is 17.2 Å². The van der Waals surface area contributed by atoms with Crippen molar-refractivity contribution in [2.45, 2.75) is 32.8 Å². The summed E-state index contributed by atoms with van der Waals surface area (Å²) in [7, 11) is 0. The molecule has 2 aromatic rings. The highest BCUT2D eigenvalue weighted by molar-refractivity contribution is 5.33. The molecule has 1 aromatic heterocycles. The molecule has 0 saturated carbocycles. The molecule has 0 unspecified atom stereocenters. The van der Waals surface area contributed by atoms with Crippen LogP contribution in [0.1, 0.15) is 31.2 Å². The molecule has 17 heavy (non-hydrogen) atoms. The van der Waals surface area contributed by atoms with Crippen molar-refractivity contribution in [2.24, 2.45) is 0 Å². The predicted octanol–water partition coefficient (Wildman–Crippen LogP) is 2.10. The number of aliphatic hydroxyl groups is 1. The van der Waals surface area contributed by atoms with Crippen LogP contribution in [0.5, 0.6) is 0 Å². The summed E-state index contributed by atoms with van der Waals surface area (Å²) < 4.78 is 1.82. The molecule has 1 aromatic carbocycles. The summed E-state index contributed by atoms with van der Waals surface area (Å²) in [6, 6.07) is 9.90. The molecular formula is C13H17N3O. The SMILES string of the molecule is CCCCc1c(CO)nnn1-c1ccccc1. The first-order chi connectivity index (χ1) is 8.36. The molecule has 0 aliphatic heterocycles. The molecule has 4 nitrogen and oxygen atoms in total. The van der Waals surface area contributed by atoms with Gasteiger partial charge in [-0.15, -0.1) is 5.10 Å². The van der Waals surface area contributed by atoms with E-state index in [0.717, 1.165) is 30.6 Å². The van der Waals surface area contributed by atoms with Gasteiger partial charge in [0, 0.05) is 0 Å². The molecule has 0 spiro atoms. The molecule has 0 bridgehead atoms. The molecule has 0 amide bonds. The van der Waals surface area contributed by atoms with Crippen molar-refractivity contribution >= 4 is 0 Å². The van der Waals surface area contributed by atoms with Gasteiger partial charge < -0.3 is 5.11 Å². The average molecular weight is 231 g/mol. The largest absolute Gasteiger partial charge is 0.390 e. The number of rotatable bonds is 5. The zero-order chi connectivity index (χ0) is 12.1. The number of hydrogen-bond donors (Lipinski definition) is 1. The maximum atomic E-state index is 9.26. The van der Waals surface area contributed by atoms with Crippen LogP contribution in [0.4, 0.5) is 0 Å². The summed E-state index contributed by atoms with van der Waals surface area (Å²) in [6.45, 7) is 2.10. The zero-order valence-electron chi connectivity index (χ0n) is 10.0. The fourth-order valence-electron chi connectivity index (χ4n) is 1.83. The fraction of sp³-hybridized carbons (Fsp3) is 0.385. The molecule has 2 rings (SSSR count). The maximum absolute atomic E-state index is 9.26. The average Bonchev–Trinajstić information content (AvgIpc) is 2.80. The second kappa shape index (κ2) is 5.59. The lowest BCUT2D eigenvalue weighted by Gasteiger charge is -2.06. The van der Waals surface area contributed by atoms with Crippen LogP contribution in [-0.2, 0) is 13.0 Å². The Labute approximate surface area is 101 Å². The topological polar surface area (TPSA) is 50.9 Å². The monoisotopic (exact) mass is 231 g/mol. The molecule has 0 aliphatic rings. The van der Waals surface area contributed by atoms with Crippen molar-refractivity contribution < 1.29 is 5.11 Å². The van der Waals surface area contributed by atoms with Crippen molar-refractivity contribution in [3.05, 3.63) is 41.7 Å². The van der Waals surface area contributed by atoms with Crippen LogP contribution in [0.2, 0.25) is 0 Å². The normalized spacial score (nSPS) is 10.7. The molecule has 1 N–H and O–H groups in total. The quantitative estimate of drug-likeness (QED) is 0.857. The van der Waals surface area contributed by atoms with E-state index in [-0.39, 0.29) is 6.61 Å². The molecule has 0 atom stereocenters. The summed E-state index contributed by atoms with van der Waals surface area (Å²) in [5.41, 5.74) is 2.69. The minimum atomic E-state index is -0.0497. The van der Waals surface area contributed by atoms with E-state index >= 15 is 0 Å². The van der Waals surface area contributed by atoms with Crippen molar-refractivity contribution in [1.29, 1.82) is 0 Å². The van der Waals surface area contributed by atoms with Crippen molar-refractivity contribution in [1.82, 2.24) is 15.0 Å². The third-order valence-electron chi connectivity index (χ3n) is 2.76. The first-order valence-electron chi connectivity index (χ1n) is 5.96. The highest BCUT2D eigenvalue weighted by Crippen LogP contribution is 2.15. The summed E-state index contributed by atoms with van der Waals surface area (Å²) in [6.07, 6.45) is 3.09. The Balaban J connectivity index is 2.36. The Bertz CT molecular complexity index is 465. The standard InChI is InChI=1S/C13H17N3O/c1-2-3-9-13-12(10-17)14-15-16(13)11-7-5-4-6-8-11/h4-8,17H,2-3,9-10H2,1H3. The van der Waals surface area contributed by atoms with E-state index in [4.69, 9.17) is 0 Å². The Morgan fingerprint density at radius 2 is 2.00 bits per heavy atom. The fourth-order valence-corrected chi connectivity index (χ4v) is 1.83. The number of unbranched alkanes of at least 4 members (excludes halogenated alkanes) is 1. The molecule has 90 valence electrons. The molecule has 0 saturated heterocycles. The van der Waals surface area contributed by atoms with E-state index in [0.29, 0.717) is 5.69 Å². The summed E-state index contributed by atoms with van der Waals surface area (Å²) in [5, 5.41) is 17.4. The van der Waals surface area contributed by atoms with E-state index in [1.165, 1.54) is 0 Å². The first-order valence-corrected chi connectivity index (χ1v) is 5.96. The van der Waals surface area contributed by atoms with Gasteiger partial charge in [0.15, 0.2) is 0 Å². The molecule has 0 fully saturated rings. The lowest BCUT2D eigenvalue weighted by molar-refractivity contribution is 0.275. The van der Waals surface area contributed by atoms with E-state index < -0.39 is 0 Å². The Morgan fingerprint density at radius 3 is 2.65 bits per heavy atom. The highest BCUT2D eigenvalue weighted by Gasteiger charge is 2.12. The van der Waals surface area contributed by atoms with E-state index in [1.54, 1.807) is 0 Å². The van der Waals surface area contributed by atoms with Gasteiger partial charge in [0.25, 0.3) is 0 Å².